The van der Waals surface area contributed by atoms with Crippen molar-refractivity contribution in [3.8, 4) is 5.75 Å². The number of hydrogen-bond donors (Lipinski definition) is 2. The Hall–Kier alpha value is -3.14. The molecular formula is C21H20N2O2. The van der Waals surface area contributed by atoms with Crippen LogP contribution in [0.25, 0.3) is 0 Å². The molecule has 0 saturated carbocycles. The first kappa shape index (κ1) is 16.7. The van der Waals surface area contributed by atoms with Crippen molar-refractivity contribution in [3.63, 3.8) is 0 Å². The Bertz CT molecular complexity index is 780. The molecule has 126 valence electrons. The Morgan fingerprint density at radius 2 is 1.68 bits per heavy atom. The van der Waals surface area contributed by atoms with E-state index < -0.39 is 0 Å². The SMILES string of the molecule is O=C(CCc1ccccc1O)NC(c1ccccc1)c1ccccn1. The van der Waals surface area contributed by atoms with Gasteiger partial charge in [0.05, 0.1) is 11.7 Å². The number of aromatic nitrogens is 1. The van der Waals surface area contributed by atoms with Gasteiger partial charge in [0.25, 0.3) is 0 Å². The highest BCUT2D eigenvalue weighted by Gasteiger charge is 2.17. The second-order valence-electron chi connectivity index (χ2n) is 5.79. The van der Waals surface area contributed by atoms with E-state index >= 15 is 0 Å². The van der Waals surface area contributed by atoms with Gasteiger partial charge >= 0.3 is 0 Å². The summed E-state index contributed by atoms with van der Waals surface area (Å²) in [6.45, 7) is 0. The van der Waals surface area contributed by atoms with Gasteiger partial charge in [-0.05, 0) is 35.7 Å². The van der Waals surface area contributed by atoms with Crippen LogP contribution in [0.1, 0.15) is 29.3 Å². The van der Waals surface area contributed by atoms with Crippen molar-refractivity contribution in [1.29, 1.82) is 0 Å². The van der Waals surface area contributed by atoms with Crippen LogP contribution < -0.4 is 5.32 Å². The highest BCUT2D eigenvalue weighted by molar-refractivity contribution is 5.77. The highest BCUT2D eigenvalue weighted by atomic mass is 16.3. The fourth-order valence-corrected chi connectivity index (χ4v) is 2.72. The van der Waals surface area contributed by atoms with Crippen LogP contribution in [0.2, 0.25) is 0 Å². The van der Waals surface area contributed by atoms with Gasteiger partial charge in [0.15, 0.2) is 0 Å². The van der Waals surface area contributed by atoms with Crippen molar-refractivity contribution in [2.24, 2.45) is 0 Å². The summed E-state index contributed by atoms with van der Waals surface area (Å²) in [6.07, 6.45) is 2.51. The molecule has 0 aliphatic rings. The topological polar surface area (TPSA) is 62.2 Å². The Morgan fingerprint density at radius 1 is 0.960 bits per heavy atom. The van der Waals surface area contributed by atoms with Crippen LogP contribution in [-0.2, 0) is 11.2 Å². The van der Waals surface area contributed by atoms with Crippen molar-refractivity contribution >= 4 is 5.91 Å². The Morgan fingerprint density at radius 3 is 2.40 bits per heavy atom. The van der Waals surface area contributed by atoms with Crippen molar-refractivity contribution in [3.05, 3.63) is 95.8 Å². The first-order valence-corrected chi connectivity index (χ1v) is 8.26. The number of carbonyl (C=O) groups excluding carboxylic acids is 1. The third kappa shape index (κ3) is 4.44. The van der Waals surface area contributed by atoms with Crippen molar-refractivity contribution in [2.45, 2.75) is 18.9 Å². The fraction of sp³-hybridized carbons (Fsp3) is 0.143. The average Bonchev–Trinajstić information content (AvgIpc) is 2.67. The average molecular weight is 332 g/mol. The summed E-state index contributed by atoms with van der Waals surface area (Å²) in [5, 5.41) is 12.9. The number of carbonyl (C=O) groups is 1. The van der Waals surface area contributed by atoms with E-state index in [1.165, 1.54) is 0 Å². The summed E-state index contributed by atoms with van der Waals surface area (Å²) < 4.78 is 0. The molecule has 3 aromatic rings. The minimum atomic E-state index is -0.292. The van der Waals surface area contributed by atoms with Crippen LogP contribution in [0.4, 0.5) is 0 Å². The first-order valence-electron chi connectivity index (χ1n) is 8.26. The van der Waals surface area contributed by atoms with Gasteiger partial charge in [0.1, 0.15) is 5.75 Å². The van der Waals surface area contributed by atoms with Crippen LogP contribution >= 0.6 is 0 Å². The number of nitrogens with zero attached hydrogens (tertiary/aromatic N) is 1. The van der Waals surface area contributed by atoms with Crippen LogP contribution in [0.5, 0.6) is 5.75 Å². The van der Waals surface area contributed by atoms with Gasteiger partial charge in [-0.15, -0.1) is 0 Å². The predicted molar refractivity (Wildman–Crippen MR) is 97.1 cm³/mol. The smallest absolute Gasteiger partial charge is 0.221 e. The summed E-state index contributed by atoms with van der Waals surface area (Å²) in [5.41, 5.74) is 2.55. The van der Waals surface area contributed by atoms with E-state index in [0.717, 1.165) is 16.8 Å². The lowest BCUT2D eigenvalue weighted by atomic mass is 10.0. The number of hydrogen-bond acceptors (Lipinski definition) is 3. The molecule has 0 saturated heterocycles. The molecular weight excluding hydrogens is 312 g/mol. The van der Waals surface area contributed by atoms with E-state index in [2.05, 4.69) is 10.3 Å². The Kier molecular flexibility index (Phi) is 5.42. The quantitative estimate of drug-likeness (QED) is 0.724. The zero-order valence-electron chi connectivity index (χ0n) is 13.8. The number of aromatic hydroxyl groups is 1. The van der Waals surface area contributed by atoms with E-state index in [4.69, 9.17) is 0 Å². The minimum Gasteiger partial charge on any atom is -0.508 e. The number of aryl methyl sites for hydroxylation is 1. The molecule has 0 fully saturated rings. The number of amides is 1. The van der Waals surface area contributed by atoms with Gasteiger partial charge in [0, 0.05) is 12.6 Å². The lowest BCUT2D eigenvalue weighted by molar-refractivity contribution is -0.121. The molecule has 1 heterocycles. The zero-order valence-corrected chi connectivity index (χ0v) is 13.8. The molecule has 1 unspecified atom stereocenters. The fourth-order valence-electron chi connectivity index (χ4n) is 2.72. The van der Waals surface area contributed by atoms with Gasteiger partial charge in [0.2, 0.25) is 5.91 Å². The molecule has 2 aromatic carbocycles. The third-order valence-electron chi connectivity index (χ3n) is 4.03. The monoisotopic (exact) mass is 332 g/mol. The third-order valence-corrected chi connectivity index (χ3v) is 4.03. The molecule has 1 atom stereocenters. The summed E-state index contributed by atoms with van der Waals surface area (Å²) >= 11 is 0. The Labute approximate surface area is 147 Å². The van der Waals surface area contributed by atoms with E-state index in [1.807, 2.05) is 60.7 Å². The molecule has 2 N–H and O–H groups in total. The van der Waals surface area contributed by atoms with Crippen molar-refractivity contribution in [1.82, 2.24) is 10.3 Å². The highest BCUT2D eigenvalue weighted by Crippen LogP contribution is 2.21. The van der Waals surface area contributed by atoms with Crippen LogP contribution in [-0.4, -0.2) is 16.0 Å². The van der Waals surface area contributed by atoms with Gasteiger partial charge in [-0.1, -0.05) is 54.6 Å². The molecule has 4 heteroatoms. The molecule has 0 aliphatic carbocycles. The van der Waals surface area contributed by atoms with Crippen LogP contribution in [0, 0.1) is 0 Å². The van der Waals surface area contributed by atoms with Gasteiger partial charge in [-0.3, -0.25) is 9.78 Å². The maximum Gasteiger partial charge on any atom is 0.221 e. The zero-order chi connectivity index (χ0) is 17.5. The lowest BCUT2D eigenvalue weighted by Gasteiger charge is -2.19. The first-order chi connectivity index (χ1) is 12.2. The summed E-state index contributed by atoms with van der Waals surface area (Å²) in [6, 6.07) is 22.2. The van der Waals surface area contributed by atoms with Crippen LogP contribution in [0.15, 0.2) is 79.0 Å². The number of phenols is 1. The van der Waals surface area contributed by atoms with Crippen molar-refractivity contribution in [2.75, 3.05) is 0 Å². The second kappa shape index (κ2) is 8.11. The molecule has 3 rings (SSSR count). The van der Waals surface area contributed by atoms with Crippen molar-refractivity contribution < 1.29 is 9.90 Å². The number of benzene rings is 2. The second-order valence-corrected chi connectivity index (χ2v) is 5.79. The van der Waals surface area contributed by atoms with E-state index in [9.17, 15) is 9.90 Å². The number of pyridine rings is 1. The molecule has 25 heavy (non-hydrogen) atoms. The van der Waals surface area contributed by atoms with Gasteiger partial charge in [-0.2, -0.15) is 0 Å². The number of phenolic OH excluding ortho intramolecular Hbond substituents is 1. The molecule has 0 spiro atoms. The van der Waals surface area contributed by atoms with Gasteiger partial charge in [-0.25, -0.2) is 0 Å². The van der Waals surface area contributed by atoms with Gasteiger partial charge < -0.3 is 10.4 Å². The maximum atomic E-state index is 12.5. The Balaban J connectivity index is 1.72. The minimum absolute atomic E-state index is 0.0808. The lowest BCUT2D eigenvalue weighted by Crippen LogP contribution is -2.30. The maximum absolute atomic E-state index is 12.5. The summed E-state index contributed by atoms with van der Waals surface area (Å²) in [4.78, 5) is 16.9. The molecule has 0 aliphatic heterocycles. The molecule has 4 nitrogen and oxygen atoms in total. The summed E-state index contributed by atoms with van der Waals surface area (Å²) in [5.74, 6) is 0.141. The van der Waals surface area contributed by atoms with Crippen LogP contribution in [0.3, 0.4) is 0 Å². The standard InChI is InChI=1S/C21H20N2O2/c24-19-12-5-4-8-16(19)13-14-20(25)23-21(17-9-2-1-3-10-17)18-11-6-7-15-22-18/h1-12,15,21,24H,13-14H2,(H,23,25). The molecule has 0 bridgehead atoms. The normalized spacial score (nSPS) is 11.7. The summed E-state index contributed by atoms with van der Waals surface area (Å²) in [7, 11) is 0. The van der Waals surface area contributed by atoms with E-state index in [0.29, 0.717) is 12.8 Å². The number of para-hydroxylation sites is 1. The van der Waals surface area contributed by atoms with E-state index in [1.54, 1.807) is 18.3 Å². The van der Waals surface area contributed by atoms with E-state index in [-0.39, 0.29) is 17.7 Å². The number of nitrogens with one attached hydrogen (secondary N) is 1. The molecule has 0 radical (unpaired) electrons. The predicted octanol–water partition coefficient (Wildman–Crippen LogP) is 3.63. The molecule has 1 amide bonds. The number of rotatable bonds is 6. The largest absolute Gasteiger partial charge is 0.508 e. The molecule has 1 aromatic heterocycles.